The molecule has 0 radical (unpaired) electrons. The van der Waals surface area contributed by atoms with Gasteiger partial charge in [-0.25, -0.2) is 4.98 Å². The number of amides is 1. The molecule has 2 heterocycles. The standard InChI is InChI=1S/C26H25N3O2S/c1-17-11-13-19(14-12-17)27-23(30)16-29-22(15-18-7-3-2-4-8-18)28-25-24(26(29)31)20-9-5-6-10-21(20)32-25/h2-4,7-8,11-14H,5-6,9-10,15-16H2,1H3,(H,27,30). The third-order valence-electron chi connectivity index (χ3n) is 6.00. The van der Waals surface area contributed by atoms with Crippen molar-refractivity contribution in [2.75, 3.05) is 5.32 Å². The van der Waals surface area contributed by atoms with Gasteiger partial charge in [0.05, 0.1) is 5.39 Å². The molecule has 5 nitrogen and oxygen atoms in total. The van der Waals surface area contributed by atoms with Crippen molar-refractivity contribution < 1.29 is 4.79 Å². The van der Waals surface area contributed by atoms with E-state index in [1.54, 1.807) is 15.9 Å². The minimum absolute atomic E-state index is 0.0531. The maximum Gasteiger partial charge on any atom is 0.263 e. The molecule has 2 aromatic carbocycles. The highest BCUT2D eigenvalue weighted by Crippen LogP contribution is 2.34. The van der Waals surface area contributed by atoms with Crippen LogP contribution in [0, 0.1) is 6.92 Å². The molecule has 4 aromatic rings. The quantitative estimate of drug-likeness (QED) is 0.478. The number of carbonyl (C=O) groups excluding carboxylic acids is 1. The Labute approximate surface area is 190 Å². The normalized spacial score (nSPS) is 13.2. The molecule has 0 unspecified atom stereocenters. The van der Waals surface area contributed by atoms with E-state index >= 15 is 0 Å². The summed E-state index contributed by atoms with van der Waals surface area (Å²) in [6.07, 6.45) is 4.69. The number of hydrogen-bond acceptors (Lipinski definition) is 4. The lowest BCUT2D eigenvalue weighted by molar-refractivity contribution is -0.116. The van der Waals surface area contributed by atoms with Crippen LogP contribution in [0.4, 0.5) is 5.69 Å². The number of anilines is 1. The number of hydrogen-bond donors (Lipinski definition) is 1. The second-order valence-electron chi connectivity index (χ2n) is 8.39. The molecule has 0 saturated heterocycles. The Kier molecular flexibility index (Phi) is 5.62. The number of rotatable bonds is 5. The highest BCUT2D eigenvalue weighted by atomic mass is 32.1. The fourth-order valence-electron chi connectivity index (χ4n) is 4.34. The third-order valence-corrected chi connectivity index (χ3v) is 7.18. The minimum Gasteiger partial charge on any atom is -0.325 e. The number of thiophene rings is 1. The lowest BCUT2D eigenvalue weighted by Gasteiger charge is -2.14. The van der Waals surface area contributed by atoms with E-state index in [0.717, 1.165) is 52.9 Å². The van der Waals surface area contributed by atoms with E-state index in [4.69, 9.17) is 4.98 Å². The number of carbonyl (C=O) groups is 1. The lowest BCUT2D eigenvalue weighted by atomic mass is 9.97. The zero-order valence-electron chi connectivity index (χ0n) is 18.1. The predicted octanol–water partition coefficient (Wildman–Crippen LogP) is 4.87. The zero-order valence-corrected chi connectivity index (χ0v) is 18.9. The predicted molar refractivity (Wildman–Crippen MR) is 130 cm³/mol. The van der Waals surface area contributed by atoms with E-state index < -0.39 is 0 Å². The van der Waals surface area contributed by atoms with E-state index in [1.165, 1.54) is 4.88 Å². The Morgan fingerprint density at radius 2 is 1.81 bits per heavy atom. The Hall–Kier alpha value is -3.25. The number of aryl methyl sites for hydroxylation is 3. The zero-order chi connectivity index (χ0) is 22.1. The molecule has 1 aliphatic carbocycles. The topological polar surface area (TPSA) is 64.0 Å². The van der Waals surface area contributed by atoms with Crippen LogP contribution in [0.3, 0.4) is 0 Å². The Morgan fingerprint density at radius 1 is 1.06 bits per heavy atom. The third kappa shape index (κ3) is 4.10. The van der Waals surface area contributed by atoms with E-state index in [9.17, 15) is 9.59 Å². The van der Waals surface area contributed by atoms with Gasteiger partial charge in [-0.1, -0.05) is 48.0 Å². The average Bonchev–Trinajstić information content (AvgIpc) is 3.17. The number of nitrogens with one attached hydrogen (secondary N) is 1. The van der Waals surface area contributed by atoms with Gasteiger partial charge in [0.25, 0.3) is 5.56 Å². The average molecular weight is 444 g/mol. The lowest BCUT2D eigenvalue weighted by Crippen LogP contribution is -2.31. The van der Waals surface area contributed by atoms with Crippen LogP contribution in [-0.2, 0) is 30.6 Å². The van der Waals surface area contributed by atoms with Gasteiger partial charge in [-0.3, -0.25) is 14.2 Å². The second kappa shape index (κ2) is 8.71. The molecule has 0 bridgehead atoms. The summed E-state index contributed by atoms with van der Waals surface area (Å²) in [5.74, 6) is 0.405. The van der Waals surface area contributed by atoms with Crippen LogP contribution >= 0.6 is 11.3 Å². The fourth-order valence-corrected chi connectivity index (χ4v) is 5.61. The molecule has 6 heteroatoms. The van der Waals surface area contributed by atoms with Crippen LogP contribution in [0.5, 0.6) is 0 Å². The van der Waals surface area contributed by atoms with Gasteiger partial charge < -0.3 is 5.32 Å². The van der Waals surface area contributed by atoms with Crippen LogP contribution in [0.2, 0.25) is 0 Å². The van der Waals surface area contributed by atoms with Crippen molar-refractivity contribution in [1.29, 1.82) is 0 Å². The first-order chi connectivity index (χ1) is 15.6. The van der Waals surface area contributed by atoms with Crippen LogP contribution < -0.4 is 10.9 Å². The maximum atomic E-state index is 13.7. The van der Waals surface area contributed by atoms with Gasteiger partial charge >= 0.3 is 0 Å². The summed E-state index contributed by atoms with van der Waals surface area (Å²) in [7, 11) is 0. The molecule has 0 saturated carbocycles. The highest BCUT2D eigenvalue weighted by molar-refractivity contribution is 7.18. The molecule has 0 atom stereocenters. The summed E-state index contributed by atoms with van der Waals surface area (Å²) >= 11 is 1.65. The van der Waals surface area contributed by atoms with Crippen molar-refractivity contribution in [3.63, 3.8) is 0 Å². The van der Waals surface area contributed by atoms with Gasteiger partial charge in [-0.2, -0.15) is 0 Å². The monoisotopic (exact) mass is 443 g/mol. The summed E-state index contributed by atoms with van der Waals surface area (Å²) in [6.45, 7) is 1.95. The molecule has 0 spiro atoms. The number of fused-ring (bicyclic) bond motifs is 3. The summed E-state index contributed by atoms with van der Waals surface area (Å²) in [6, 6.07) is 17.6. The van der Waals surface area contributed by atoms with Gasteiger partial charge in [0.15, 0.2) is 0 Å². The largest absolute Gasteiger partial charge is 0.325 e. The number of nitrogens with zero attached hydrogens (tertiary/aromatic N) is 2. The molecule has 0 aliphatic heterocycles. The van der Waals surface area contributed by atoms with Crippen LogP contribution in [0.1, 0.15) is 40.2 Å². The van der Waals surface area contributed by atoms with Gasteiger partial charge in [-0.15, -0.1) is 11.3 Å². The summed E-state index contributed by atoms with van der Waals surface area (Å²) in [5, 5.41) is 3.63. The molecule has 162 valence electrons. The van der Waals surface area contributed by atoms with Crippen molar-refractivity contribution in [2.24, 2.45) is 0 Å². The van der Waals surface area contributed by atoms with Gasteiger partial charge in [0.2, 0.25) is 5.91 Å². The van der Waals surface area contributed by atoms with Gasteiger partial charge in [-0.05, 0) is 55.9 Å². The van der Waals surface area contributed by atoms with Crippen molar-refractivity contribution in [3.8, 4) is 0 Å². The summed E-state index contributed by atoms with van der Waals surface area (Å²) in [5.41, 5.74) is 3.96. The van der Waals surface area contributed by atoms with Gasteiger partial charge in [0.1, 0.15) is 17.2 Å². The molecule has 1 aliphatic rings. The smallest absolute Gasteiger partial charge is 0.263 e. The molecule has 32 heavy (non-hydrogen) atoms. The molecule has 5 rings (SSSR count). The molecule has 0 fully saturated rings. The Bertz CT molecular complexity index is 1340. The second-order valence-corrected chi connectivity index (χ2v) is 9.47. The van der Waals surface area contributed by atoms with Crippen molar-refractivity contribution in [2.45, 2.75) is 45.6 Å². The van der Waals surface area contributed by atoms with E-state index in [2.05, 4.69) is 5.32 Å². The van der Waals surface area contributed by atoms with Crippen molar-refractivity contribution in [1.82, 2.24) is 9.55 Å². The maximum absolute atomic E-state index is 13.7. The first-order valence-corrected chi connectivity index (χ1v) is 11.8. The summed E-state index contributed by atoms with van der Waals surface area (Å²) in [4.78, 5) is 33.5. The van der Waals surface area contributed by atoms with Crippen LogP contribution in [0.25, 0.3) is 10.2 Å². The molecule has 2 aromatic heterocycles. The first kappa shape index (κ1) is 20.6. The van der Waals surface area contributed by atoms with E-state index in [-0.39, 0.29) is 18.0 Å². The van der Waals surface area contributed by atoms with Crippen molar-refractivity contribution in [3.05, 3.63) is 92.3 Å². The molecular weight excluding hydrogens is 418 g/mol. The Balaban J connectivity index is 1.55. The van der Waals surface area contributed by atoms with E-state index in [1.807, 2.05) is 61.5 Å². The number of benzene rings is 2. The SMILES string of the molecule is Cc1ccc(NC(=O)Cn2c(Cc3ccccc3)nc3sc4c(c3c2=O)CCCC4)cc1. The molecular formula is C26H25N3O2S. The first-order valence-electron chi connectivity index (χ1n) is 11.0. The number of aromatic nitrogens is 2. The van der Waals surface area contributed by atoms with Gasteiger partial charge in [0, 0.05) is 17.0 Å². The van der Waals surface area contributed by atoms with Crippen molar-refractivity contribution >= 4 is 33.1 Å². The van der Waals surface area contributed by atoms with Crippen LogP contribution in [-0.4, -0.2) is 15.5 Å². The molecule has 1 amide bonds. The molecule has 1 N–H and O–H groups in total. The Morgan fingerprint density at radius 3 is 2.59 bits per heavy atom. The minimum atomic E-state index is -0.226. The fraction of sp³-hybridized carbons (Fsp3) is 0.269. The van der Waals surface area contributed by atoms with Crippen LogP contribution in [0.15, 0.2) is 59.4 Å². The summed E-state index contributed by atoms with van der Waals surface area (Å²) < 4.78 is 1.57. The van der Waals surface area contributed by atoms with E-state index in [0.29, 0.717) is 17.6 Å². The highest BCUT2D eigenvalue weighted by Gasteiger charge is 2.23.